The second kappa shape index (κ2) is 11.9. The standard InChI is InChI=1S/C29H34ClN3O2/c1-6-24(21-12-8-7-9-13-21)29(35)33(20(2)3)19-22-18-23(16-17-27(22)32(4)5)31-28(34)25-14-10-11-15-26(25)30/h7-18,20,24H,6,19H2,1-5H3,(H,31,34)/t24-/m0/s1. The maximum Gasteiger partial charge on any atom is 0.257 e. The van der Waals surface area contributed by atoms with Gasteiger partial charge >= 0.3 is 0 Å². The van der Waals surface area contributed by atoms with Crippen molar-refractivity contribution in [3.63, 3.8) is 0 Å². The molecule has 6 heteroatoms. The van der Waals surface area contributed by atoms with Crippen molar-refractivity contribution < 1.29 is 9.59 Å². The highest BCUT2D eigenvalue weighted by molar-refractivity contribution is 6.34. The molecule has 35 heavy (non-hydrogen) atoms. The van der Waals surface area contributed by atoms with E-state index in [0.717, 1.165) is 23.2 Å². The van der Waals surface area contributed by atoms with Gasteiger partial charge in [0, 0.05) is 38.1 Å². The molecule has 3 aromatic rings. The van der Waals surface area contributed by atoms with Gasteiger partial charge in [-0.1, -0.05) is 61.0 Å². The Morgan fingerprint density at radius 2 is 1.60 bits per heavy atom. The Kier molecular flexibility index (Phi) is 8.94. The predicted octanol–water partition coefficient (Wildman–Crippen LogP) is 6.59. The first-order chi connectivity index (χ1) is 16.7. The molecule has 0 aliphatic carbocycles. The number of amides is 2. The molecule has 3 aromatic carbocycles. The fourth-order valence-corrected chi connectivity index (χ4v) is 4.43. The molecule has 0 unspecified atom stereocenters. The number of anilines is 2. The molecule has 0 saturated carbocycles. The van der Waals surface area contributed by atoms with Crippen molar-refractivity contribution in [2.24, 2.45) is 0 Å². The Bertz CT molecular complexity index is 1160. The van der Waals surface area contributed by atoms with Gasteiger partial charge < -0.3 is 15.1 Å². The molecule has 0 fully saturated rings. The fraction of sp³-hybridized carbons (Fsp3) is 0.310. The lowest BCUT2D eigenvalue weighted by Crippen LogP contribution is -2.39. The summed E-state index contributed by atoms with van der Waals surface area (Å²) in [6.07, 6.45) is 0.723. The lowest BCUT2D eigenvalue weighted by atomic mass is 9.94. The minimum atomic E-state index is -0.272. The van der Waals surface area contributed by atoms with E-state index in [2.05, 4.69) is 5.32 Å². The molecule has 0 aliphatic rings. The molecular weight excluding hydrogens is 458 g/mol. The highest BCUT2D eigenvalue weighted by Gasteiger charge is 2.27. The van der Waals surface area contributed by atoms with Gasteiger partial charge in [-0.05, 0) is 61.7 Å². The van der Waals surface area contributed by atoms with E-state index in [1.165, 1.54) is 0 Å². The number of carbonyl (C=O) groups excluding carboxylic acids is 2. The summed E-state index contributed by atoms with van der Waals surface area (Å²) in [7, 11) is 3.95. The Hall–Kier alpha value is -3.31. The van der Waals surface area contributed by atoms with Crippen LogP contribution in [0, 0.1) is 0 Å². The first-order valence-electron chi connectivity index (χ1n) is 11.9. The highest BCUT2D eigenvalue weighted by atomic mass is 35.5. The van der Waals surface area contributed by atoms with Gasteiger partial charge in [0.1, 0.15) is 0 Å². The second-order valence-electron chi connectivity index (χ2n) is 9.10. The van der Waals surface area contributed by atoms with Crippen LogP contribution in [0.1, 0.15) is 54.6 Å². The normalized spacial score (nSPS) is 11.7. The quantitative estimate of drug-likeness (QED) is 0.367. The number of rotatable bonds is 9. The van der Waals surface area contributed by atoms with Crippen molar-refractivity contribution in [1.29, 1.82) is 0 Å². The summed E-state index contributed by atoms with van der Waals surface area (Å²) in [6.45, 7) is 6.55. The Labute approximate surface area is 213 Å². The zero-order valence-electron chi connectivity index (χ0n) is 21.1. The number of hydrogen-bond donors (Lipinski definition) is 1. The van der Waals surface area contributed by atoms with Gasteiger partial charge in [-0.2, -0.15) is 0 Å². The SMILES string of the molecule is CC[C@H](C(=O)N(Cc1cc(NC(=O)c2ccccc2Cl)ccc1N(C)C)C(C)C)c1ccccc1. The summed E-state index contributed by atoms with van der Waals surface area (Å²) in [5, 5.41) is 3.35. The summed E-state index contributed by atoms with van der Waals surface area (Å²) in [4.78, 5) is 30.5. The molecule has 0 radical (unpaired) electrons. The molecule has 0 bridgehead atoms. The van der Waals surface area contributed by atoms with Crippen LogP contribution < -0.4 is 10.2 Å². The van der Waals surface area contributed by atoms with Crippen molar-refractivity contribution in [3.8, 4) is 0 Å². The van der Waals surface area contributed by atoms with Crippen LogP contribution in [0.3, 0.4) is 0 Å². The molecule has 0 spiro atoms. The van der Waals surface area contributed by atoms with Gasteiger partial charge in [0.05, 0.1) is 16.5 Å². The largest absolute Gasteiger partial charge is 0.377 e. The maximum atomic E-state index is 13.7. The summed E-state index contributed by atoms with van der Waals surface area (Å²) >= 11 is 6.20. The van der Waals surface area contributed by atoms with Gasteiger partial charge in [-0.25, -0.2) is 0 Å². The van der Waals surface area contributed by atoms with Crippen LogP contribution in [0.5, 0.6) is 0 Å². The van der Waals surface area contributed by atoms with Crippen LogP contribution >= 0.6 is 11.6 Å². The minimum Gasteiger partial charge on any atom is -0.377 e. The lowest BCUT2D eigenvalue weighted by Gasteiger charge is -2.32. The van der Waals surface area contributed by atoms with Gasteiger partial charge in [-0.15, -0.1) is 0 Å². The molecule has 5 nitrogen and oxygen atoms in total. The number of nitrogens with zero attached hydrogens (tertiary/aromatic N) is 2. The number of carbonyl (C=O) groups is 2. The molecule has 0 saturated heterocycles. The molecule has 184 valence electrons. The van der Waals surface area contributed by atoms with Crippen LogP contribution in [-0.2, 0) is 11.3 Å². The average molecular weight is 492 g/mol. The summed E-state index contributed by atoms with van der Waals surface area (Å²) < 4.78 is 0. The fourth-order valence-electron chi connectivity index (χ4n) is 4.21. The minimum absolute atomic E-state index is 0.0108. The number of nitrogens with one attached hydrogen (secondary N) is 1. The average Bonchev–Trinajstić information content (AvgIpc) is 2.83. The molecule has 0 aromatic heterocycles. The summed E-state index contributed by atoms with van der Waals surface area (Å²) in [5.41, 5.74) is 4.05. The highest BCUT2D eigenvalue weighted by Crippen LogP contribution is 2.29. The van der Waals surface area contributed by atoms with E-state index in [-0.39, 0.29) is 23.8 Å². The Morgan fingerprint density at radius 3 is 2.20 bits per heavy atom. The second-order valence-corrected chi connectivity index (χ2v) is 9.51. The predicted molar refractivity (Wildman–Crippen MR) is 145 cm³/mol. The third-order valence-electron chi connectivity index (χ3n) is 6.09. The zero-order chi connectivity index (χ0) is 25.5. The Morgan fingerprint density at radius 1 is 0.943 bits per heavy atom. The van der Waals surface area contributed by atoms with Crippen LogP contribution in [-0.4, -0.2) is 36.9 Å². The molecule has 1 atom stereocenters. The topological polar surface area (TPSA) is 52.7 Å². The van der Waals surface area contributed by atoms with Crippen molar-refractivity contribution in [2.75, 3.05) is 24.3 Å². The molecule has 0 aliphatic heterocycles. The van der Waals surface area contributed by atoms with E-state index >= 15 is 0 Å². The Balaban J connectivity index is 1.91. The maximum absolute atomic E-state index is 13.7. The van der Waals surface area contributed by atoms with Crippen LogP contribution in [0.2, 0.25) is 5.02 Å². The van der Waals surface area contributed by atoms with E-state index in [4.69, 9.17) is 11.6 Å². The molecule has 2 amide bonds. The van der Waals surface area contributed by atoms with E-state index in [1.807, 2.05) is 93.2 Å². The molecule has 1 N–H and O–H groups in total. The number of benzene rings is 3. The zero-order valence-corrected chi connectivity index (χ0v) is 21.8. The van der Waals surface area contributed by atoms with Gasteiger partial charge in [0.2, 0.25) is 5.91 Å². The van der Waals surface area contributed by atoms with Crippen molar-refractivity contribution >= 4 is 34.8 Å². The number of hydrogen-bond acceptors (Lipinski definition) is 3. The molecule has 0 heterocycles. The van der Waals surface area contributed by atoms with Gasteiger partial charge in [0.25, 0.3) is 5.91 Å². The first kappa shape index (κ1) is 26.3. The first-order valence-corrected chi connectivity index (χ1v) is 12.3. The molecular formula is C29H34ClN3O2. The third-order valence-corrected chi connectivity index (χ3v) is 6.42. The summed E-state index contributed by atoms with van der Waals surface area (Å²) in [6, 6.07) is 22.7. The van der Waals surface area contributed by atoms with Crippen LogP contribution in [0.15, 0.2) is 72.8 Å². The van der Waals surface area contributed by atoms with Crippen molar-refractivity contribution in [1.82, 2.24) is 4.90 Å². The monoisotopic (exact) mass is 491 g/mol. The van der Waals surface area contributed by atoms with Gasteiger partial charge in [-0.3, -0.25) is 9.59 Å². The third kappa shape index (κ3) is 6.43. The van der Waals surface area contributed by atoms with E-state index in [9.17, 15) is 9.59 Å². The van der Waals surface area contributed by atoms with Crippen LogP contribution in [0.25, 0.3) is 0 Å². The molecule has 3 rings (SSSR count). The van der Waals surface area contributed by atoms with Crippen molar-refractivity contribution in [2.45, 2.75) is 45.7 Å². The summed E-state index contributed by atoms with van der Waals surface area (Å²) in [5.74, 6) is -0.375. The smallest absolute Gasteiger partial charge is 0.257 e. The van der Waals surface area contributed by atoms with Gasteiger partial charge in [0.15, 0.2) is 0 Å². The lowest BCUT2D eigenvalue weighted by molar-refractivity contribution is -0.135. The van der Waals surface area contributed by atoms with Crippen LogP contribution in [0.4, 0.5) is 11.4 Å². The van der Waals surface area contributed by atoms with Crippen molar-refractivity contribution in [3.05, 3.63) is 94.5 Å². The van der Waals surface area contributed by atoms with E-state index in [1.54, 1.807) is 24.3 Å². The number of halogens is 1. The van der Waals surface area contributed by atoms with E-state index in [0.29, 0.717) is 22.8 Å². The van der Waals surface area contributed by atoms with E-state index < -0.39 is 0 Å².